The number of hydrogen-bond donors (Lipinski definition) is 0. The Morgan fingerprint density at radius 2 is 2.20 bits per heavy atom. The molecule has 0 aromatic carbocycles. The van der Waals surface area contributed by atoms with Crippen LogP contribution in [0.15, 0.2) is 12.3 Å². The first-order valence-electron chi connectivity index (χ1n) is 3.79. The molecular formula is C8H3F3IN2O-. The van der Waals surface area contributed by atoms with Crippen molar-refractivity contribution in [2.24, 2.45) is 0 Å². The molecule has 0 radical (unpaired) electrons. The molecule has 2 rings (SSSR count). The van der Waals surface area contributed by atoms with Gasteiger partial charge in [-0.2, -0.15) is 0 Å². The zero-order valence-electron chi connectivity index (χ0n) is 7.05. The quantitative estimate of drug-likeness (QED) is 0.378. The Kier molecular flexibility index (Phi) is 2.56. The van der Waals surface area contributed by atoms with E-state index in [1.807, 2.05) is 0 Å². The molecule has 1 aromatic heterocycles. The molecule has 1 fully saturated rings. The first kappa shape index (κ1) is 10.6. The number of hydrogen-bond acceptors (Lipinski definition) is 3. The molecule has 0 amide bonds. The molecule has 0 spiro atoms. The van der Waals surface area contributed by atoms with E-state index in [2.05, 4.69) is 4.98 Å². The van der Waals surface area contributed by atoms with Gasteiger partial charge >= 0.3 is 93.5 Å². The van der Waals surface area contributed by atoms with E-state index in [-0.39, 0.29) is 4.11 Å². The number of nitriles is 1. The van der Waals surface area contributed by atoms with Crippen molar-refractivity contribution in [3.05, 3.63) is 29.1 Å². The summed E-state index contributed by atoms with van der Waals surface area (Å²) < 4.78 is 42.2. The molecule has 2 heterocycles. The third kappa shape index (κ3) is 2.21. The van der Waals surface area contributed by atoms with Crippen LogP contribution < -0.4 is 21.6 Å². The van der Waals surface area contributed by atoms with Crippen molar-refractivity contribution in [3.63, 3.8) is 0 Å². The predicted molar refractivity (Wildman–Crippen MR) is 37.8 cm³/mol. The Morgan fingerprint density at radius 1 is 1.53 bits per heavy atom. The normalized spacial score (nSPS) is 20.3. The zero-order chi connectivity index (χ0) is 11.1. The van der Waals surface area contributed by atoms with Crippen LogP contribution in [0.5, 0.6) is 0 Å². The minimum atomic E-state index is -4.54. The Labute approximate surface area is 93.7 Å². The third-order valence-electron chi connectivity index (χ3n) is 1.76. The van der Waals surface area contributed by atoms with Crippen LogP contribution in [-0.2, 0) is 9.24 Å². The maximum atomic E-state index is 12.5. The average molecular weight is 327 g/mol. The molecule has 0 aliphatic carbocycles. The molecule has 1 aliphatic heterocycles. The van der Waals surface area contributed by atoms with E-state index in [9.17, 15) is 13.2 Å². The summed E-state index contributed by atoms with van der Waals surface area (Å²) >= 11 is -0.459. The molecule has 1 saturated heterocycles. The van der Waals surface area contributed by atoms with Gasteiger partial charge in [0.15, 0.2) is 0 Å². The van der Waals surface area contributed by atoms with Gasteiger partial charge in [0.05, 0.1) is 0 Å². The first-order chi connectivity index (χ1) is 7.02. The molecule has 3 nitrogen and oxygen atoms in total. The number of nitrogens with zero attached hydrogens (tertiary/aromatic N) is 2. The van der Waals surface area contributed by atoms with Gasteiger partial charge in [-0.05, 0) is 0 Å². The van der Waals surface area contributed by atoms with Gasteiger partial charge in [-0.25, -0.2) is 0 Å². The van der Waals surface area contributed by atoms with Crippen molar-refractivity contribution < 1.29 is 37.9 Å². The van der Waals surface area contributed by atoms with Gasteiger partial charge in [-0.3, -0.25) is 0 Å². The zero-order valence-corrected chi connectivity index (χ0v) is 9.20. The molecule has 0 N–H and O–H groups in total. The van der Waals surface area contributed by atoms with Crippen molar-refractivity contribution in [2.75, 3.05) is 0 Å². The van der Waals surface area contributed by atoms with Gasteiger partial charge in [0, 0.05) is 0 Å². The SMILES string of the molecule is N#Cc1ncc(C2O[I-]2)cc1C(F)(F)F. The molecule has 0 saturated carbocycles. The van der Waals surface area contributed by atoms with Crippen molar-refractivity contribution >= 4 is 0 Å². The summed E-state index contributed by atoms with van der Waals surface area (Å²) in [7, 11) is 0. The second-order valence-corrected chi connectivity index (χ2v) is 4.92. The van der Waals surface area contributed by atoms with Crippen molar-refractivity contribution in [3.8, 4) is 6.07 Å². The predicted octanol–water partition coefficient (Wildman–Crippen LogP) is -0.995. The van der Waals surface area contributed by atoms with Gasteiger partial charge in [0.1, 0.15) is 0 Å². The fourth-order valence-corrected chi connectivity index (χ4v) is 2.11. The van der Waals surface area contributed by atoms with Crippen LogP contribution in [0.3, 0.4) is 0 Å². The Morgan fingerprint density at radius 3 is 2.67 bits per heavy atom. The van der Waals surface area contributed by atoms with Gasteiger partial charge in [-0.15, -0.1) is 0 Å². The van der Waals surface area contributed by atoms with Crippen LogP contribution in [0.1, 0.15) is 20.9 Å². The second-order valence-electron chi connectivity index (χ2n) is 2.77. The number of halogens is 4. The summed E-state index contributed by atoms with van der Waals surface area (Å²) in [5.41, 5.74) is -1.17. The van der Waals surface area contributed by atoms with Crippen LogP contribution in [0.25, 0.3) is 0 Å². The van der Waals surface area contributed by atoms with Crippen LogP contribution in [0, 0.1) is 11.3 Å². The van der Waals surface area contributed by atoms with Gasteiger partial charge in [0.2, 0.25) is 0 Å². The Hall–Kier alpha value is -0.880. The second kappa shape index (κ2) is 3.61. The summed E-state index contributed by atoms with van der Waals surface area (Å²) in [6.07, 6.45) is -3.27. The summed E-state index contributed by atoms with van der Waals surface area (Å²) in [4.78, 5) is 3.48. The standard InChI is InChI=1S/C8H3F3IN2O/c9-8(10,11)5-1-4(7-12-15-7)3-14-6(5)2-13/h1,3,7H/q-1. The van der Waals surface area contributed by atoms with E-state index in [4.69, 9.17) is 8.33 Å². The summed E-state index contributed by atoms with van der Waals surface area (Å²) in [6, 6.07) is 2.37. The first-order valence-corrected chi connectivity index (χ1v) is 5.91. The van der Waals surface area contributed by atoms with E-state index in [1.165, 1.54) is 12.3 Å². The molecule has 7 heteroatoms. The van der Waals surface area contributed by atoms with Gasteiger partial charge in [0.25, 0.3) is 0 Å². The average Bonchev–Trinajstić information content (AvgIpc) is 2.98. The van der Waals surface area contributed by atoms with Gasteiger partial charge < -0.3 is 0 Å². The Balaban J connectivity index is 2.48. The minimum absolute atomic E-state index is 0.190. The van der Waals surface area contributed by atoms with E-state index >= 15 is 0 Å². The van der Waals surface area contributed by atoms with Crippen LogP contribution in [-0.4, -0.2) is 4.98 Å². The number of aromatic nitrogens is 1. The molecule has 1 unspecified atom stereocenters. The maximum absolute atomic E-state index is 12.5. The molecule has 0 bridgehead atoms. The molecule has 80 valence electrons. The summed E-state index contributed by atoms with van der Waals surface area (Å²) in [5, 5.41) is 8.49. The summed E-state index contributed by atoms with van der Waals surface area (Å²) in [5.74, 6) is 0. The number of rotatable bonds is 1. The van der Waals surface area contributed by atoms with Crippen molar-refractivity contribution in [1.29, 1.82) is 5.26 Å². The molecule has 15 heavy (non-hydrogen) atoms. The number of alkyl halides is 4. The van der Waals surface area contributed by atoms with Crippen molar-refractivity contribution in [1.82, 2.24) is 4.98 Å². The van der Waals surface area contributed by atoms with Crippen LogP contribution >= 0.6 is 0 Å². The van der Waals surface area contributed by atoms with Crippen LogP contribution in [0.4, 0.5) is 13.2 Å². The topological polar surface area (TPSA) is 49.2 Å². The molecule has 1 atom stereocenters. The fraction of sp³-hybridized carbons (Fsp3) is 0.250. The molecular weight excluding hydrogens is 324 g/mol. The third-order valence-corrected chi connectivity index (χ3v) is 3.50. The summed E-state index contributed by atoms with van der Waals surface area (Å²) in [6.45, 7) is 0. The van der Waals surface area contributed by atoms with E-state index in [0.29, 0.717) is 5.56 Å². The Bertz CT molecular complexity index is 436. The van der Waals surface area contributed by atoms with Gasteiger partial charge in [-0.1, -0.05) is 0 Å². The molecule has 1 aliphatic rings. The number of pyridine rings is 1. The monoisotopic (exact) mass is 327 g/mol. The fourth-order valence-electron chi connectivity index (χ4n) is 1.04. The van der Waals surface area contributed by atoms with E-state index in [0.717, 1.165) is 6.07 Å². The molecule has 1 aromatic rings. The van der Waals surface area contributed by atoms with E-state index < -0.39 is 39.1 Å². The van der Waals surface area contributed by atoms with Crippen LogP contribution in [0.2, 0.25) is 0 Å². The van der Waals surface area contributed by atoms with E-state index in [1.54, 1.807) is 0 Å². The van der Waals surface area contributed by atoms with Crippen molar-refractivity contribution in [2.45, 2.75) is 10.3 Å².